The highest BCUT2D eigenvalue weighted by atomic mass is 16.5. The van der Waals surface area contributed by atoms with Crippen LogP contribution in [0.5, 0.6) is 0 Å². The van der Waals surface area contributed by atoms with Gasteiger partial charge in [0.15, 0.2) is 0 Å². The van der Waals surface area contributed by atoms with Crippen LogP contribution in [0.2, 0.25) is 0 Å². The van der Waals surface area contributed by atoms with E-state index in [0.29, 0.717) is 17.6 Å². The first-order valence-electron chi connectivity index (χ1n) is 14.1. The fourth-order valence-electron chi connectivity index (χ4n) is 10.9. The molecule has 0 amide bonds. The maximum Gasteiger partial charge on any atom is 0.138 e. The molecule has 34 heavy (non-hydrogen) atoms. The van der Waals surface area contributed by atoms with Gasteiger partial charge >= 0.3 is 0 Å². The number of ketones is 1. The highest BCUT2D eigenvalue weighted by molar-refractivity contribution is 5.85. The summed E-state index contributed by atoms with van der Waals surface area (Å²) >= 11 is 0. The van der Waals surface area contributed by atoms with Crippen molar-refractivity contribution in [3.8, 4) is 0 Å². The van der Waals surface area contributed by atoms with Crippen LogP contribution in [0.25, 0.3) is 0 Å². The Balaban J connectivity index is 1.49. The Morgan fingerprint density at radius 1 is 0.794 bits per heavy atom. The SMILES string of the molecule is CC1(C)C(=O)CC[C@@]2(C)C1CC[C@]1(C)C2CCC2[C@@](O)(C3(C)CC[C@@H](C(C)(C)O)O3)CC[C@]21C. The lowest BCUT2D eigenvalue weighted by Crippen LogP contribution is -2.66. The number of ether oxygens (including phenoxy) is 1. The van der Waals surface area contributed by atoms with Gasteiger partial charge in [-0.15, -0.1) is 0 Å². The van der Waals surface area contributed by atoms with Crippen molar-refractivity contribution >= 4 is 5.78 Å². The predicted molar refractivity (Wildman–Crippen MR) is 134 cm³/mol. The fraction of sp³-hybridized carbons (Fsp3) is 0.967. The standard InChI is InChI=1S/C30H50O4/c1-24(2)19-11-15-27(6)20(26(19,5)14-12-22(24)31)9-10-21-28(27,7)17-18-30(21,33)29(8)16-13-23(34-29)25(3,4)32/h19-21,23,32-33H,9-18H2,1-8H3/t19?,20?,21?,23-,26-,27+,28+,29?,30+/m0/s1. The van der Waals surface area contributed by atoms with E-state index in [1.54, 1.807) is 0 Å². The zero-order chi connectivity index (χ0) is 25.2. The minimum absolute atomic E-state index is 0.0590. The van der Waals surface area contributed by atoms with Crippen molar-refractivity contribution in [3.63, 3.8) is 0 Å². The Morgan fingerprint density at radius 2 is 1.41 bits per heavy atom. The molecule has 0 spiro atoms. The monoisotopic (exact) mass is 474 g/mol. The van der Waals surface area contributed by atoms with Gasteiger partial charge in [-0.3, -0.25) is 4.79 Å². The van der Waals surface area contributed by atoms with Gasteiger partial charge in [-0.25, -0.2) is 0 Å². The zero-order valence-corrected chi connectivity index (χ0v) is 23.1. The fourth-order valence-corrected chi connectivity index (χ4v) is 10.9. The van der Waals surface area contributed by atoms with E-state index in [2.05, 4.69) is 41.5 Å². The van der Waals surface area contributed by atoms with E-state index in [0.717, 1.165) is 64.2 Å². The molecule has 1 aliphatic heterocycles. The lowest BCUT2D eigenvalue weighted by atomic mass is 9.35. The maximum absolute atomic E-state index is 12.9. The van der Waals surface area contributed by atoms with Gasteiger partial charge in [0, 0.05) is 11.8 Å². The molecule has 5 aliphatic rings. The van der Waals surface area contributed by atoms with Crippen molar-refractivity contribution in [3.05, 3.63) is 0 Å². The van der Waals surface area contributed by atoms with Crippen LogP contribution in [0.1, 0.15) is 120 Å². The van der Waals surface area contributed by atoms with Gasteiger partial charge < -0.3 is 14.9 Å². The molecule has 5 rings (SSSR count). The molecule has 4 unspecified atom stereocenters. The van der Waals surface area contributed by atoms with Gasteiger partial charge in [0.1, 0.15) is 5.78 Å². The van der Waals surface area contributed by atoms with Crippen LogP contribution >= 0.6 is 0 Å². The van der Waals surface area contributed by atoms with E-state index in [4.69, 9.17) is 4.74 Å². The molecule has 2 N–H and O–H groups in total. The second-order valence-corrected chi connectivity index (χ2v) is 15.2. The molecule has 4 aliphatic carbocycles. The molecule has 5 fully saturated rings. The Morgan fingerprint density at radius 3 is 2.03 bits per heavy atom. The quantitative estimate of drug-likeness (QED) is 0.510. The summed E-state index contributed by atoms with van der Waals surface area (Å²) in [6.45, 7) is 17.7. The minimum atomic E-state index is -0.891. The van der Waals surface area contributed by atoms with Gasteiger partial charge in [0.2, 0.25) is 0 Å². The van der Waals surface area contributed by atoms with Gasteiger partial charge in [-0.05, 0) is 113 Å². The van der Waals surface area contributed by atoms with Crippen LogP contribution in [0.15, 0.2) is 0 Å². The number of hydrogen-bond acceptors (Lipinski definition) is 4. The lowest BCUT2D eigenvalue weighted by Gasteiger charge is -2.69. The second kappa shape index (κ2) is 7.10. The third kappa shape index (κ3) is 2.91. The molecule has 0 radical (unpaired) electrons. The number of rotatable bonds is 2. The molecule has 194 valence electrons. The van der Waals surface area contributed by atoms with E-state index in [9.17, 15) is 15.0 Å². The van der Waals surface area contributed by atoms with Crippen molar-refractivity contribution in [1.29, 1.82) is 0 Å². The first-order chi connectivity index (χ1) is 15.5. The summed E-state index contributed by atoms with van der Waals surface area (Å²) in [7, 11) is 0. The van der Waals surface area contributed by atoms with Crippen molar-refractivity contribution in [1.82, 2.24) is 0 Å². The van der Waals surface area contributed by atoms with Crippen molar-refractivity contribution in [2.24, 2.45) is 39.4 Å². The Labute approximate surface area is 207 Å². The molecule has 4 saturated carbocycles. The van der Waals surface area contributed by atoms with Crippen molar-refractivity contribution < 1.29 is 19.7 Å². The van der Waals surface area contributed by atoms with Gasteiger partial charge in [-0.2, -0.15) is 0 Å². The average Bonchev–Trinajstić information content (AvgIpc) is 3.27. The predicted octanol–water partition coefficient (Wildman–Crippen LogP) is 6.06. The largest absolute Gasteiger partial charge is 0.388 e. The van der Waals surface area contributed by atoms with E-state index in [1.807, 2.05) is 13.8 Å². The van der Waals surface area contributed by atoms with E-state index in [1.165, 1.54) is 0 Å². The summed E-state index contributed by atoms with van der Waals surface area (Å²) in [6, 6.07) is 0. The summed E-state index contributed by atoms with van der Waals surface area (Å²) in [5.74, 6) is 1.73. The molecule has 0 bridgehead atoms. The van der Waals surface area contributed by atoms with E-state index < -0.39 is 16.8 Å². The van der Waals surface area contributed by atoms with Gasteiger partial charge in [0.25, 0.3) is 0 Å². The molecule has 1 heterocycles. The summed E-state index contributed by atoms with van der Waals surface area (Å²) in [5, 5.41) is 23.1. The number of carbonyl (C=O) groups is 1. The Hall–Kier alpha value is -0.450. The van der Waals surface area contributed by atoms with Gasteiger partial charge in [0.05, 0.1) is 22.9 Å². The molecular weight excluding hydrogens is 424 g/mol. The first-order valence-corrected chi connectivity index (χ1v) is 14.1. The van der Waals surface area contributed by atoms with E-state index in [-0.39, 0.29) is 33.7 Å². The number of Topliss-reactive ketones (excluding diaryl/α,β-unsaturated/α-hetero) is 1. The van der Waals surface area contributed by atoms with Gasteiger partial charge in [-0.1, -0.05) is 34.6 Å². The van der Waals surface area contributed by atoms with Crippen LogP contribution in [0, 0.1) is 39.4 Å². The molecule has 9 atom stereocenters. The second-order valence-electron chi connectivity index (χ2n) is 15.2. The average molecular weight is 475 g/mol. The summed E-state index contributed by atoms with van der Waals surface area (Å²) < 4.78 is 6.57. The molecule has 0 aromatic carbocycles. The smallest absolute Gasteiger partial charge is 0.138 e. The first kappa shape index (κ1) is 25.2. The Bertz CT molecular complexity index is 874. The molecule has 4 heteroatoms. The molecule has 1 saturated heterocycles. The Kier molecular flexibility index (Phi) is 5.26. The summed E-state index contributed by atoms with van der Waals surface area (Å²) in [6.07, 6.45) is 9.41. The van der Waals surface area contributed by atoms with Crippen molar-refractivity contribution in [2.75, 3.05) is 0 Å². The lowest BCUT2D eigenvalue weighted by molar-refractivity contribution is -0.247. The third-order valence-corrected chi connectivity index (χ3v) is 13.2. The van der Waals surface area contributed by atoms with Crippen LogP contribution < -0.4 is 0 Å². The molecule has 0 aromatic heterocycles. The highest BCUT2D eigenvalue weighted by Gasteiger charge is 2.73. The van der Waals surface area contributed by atoms with Crippen LogP contribution in [0.4, 0.5) is 0 Å². The van der Waals surface area contributed by atoms with Crippen LogP contribution in [-0.2, 0) is 9.53 Å². The van der Waals surface area contributed by atoms with Crippen LogP contribution in [-0.4, -0.2) is 38.9 Å². The highest BCUT2D eigenvalue weighted by Crippen LogP contribution is 2.76. The number of hydrogen-bond donors (Lipinski definition) is 2. The van der Waals surface area contributed by atoms with Crippen molar-refractivity contribution in [2.45, 2.75) is 143 Å². The molecule has 4 nitrogen and oxygen atoms in total. The topological polar surface area (TPSA) is 66.8 Å². The summed E-state index contributed by atoms with van der Waals surface area (Å²) in [4.78, 5) is 12.9. The molecular formula is C30H50O4. The maximum atomic E-state index is 12.9. The normalized spacial score (nSPS) is 54.9. The third-order valence-electron chi connectivity index (χ3n) is 13.2. The number of carbonyl (C=O) groups excluding carboxylic acids is 1. The number of fused-ring (bicyclic) bond motifs is 5. The van der Waals surface area contributed by atoms with Crippen LogP contribution in [0.3, 0.4) is 0 Å². The minimum Gasteiger partial charge on any atom is -0.388 e. The zero-order valence-electron chi connectivity index (χ0n) is 23.1. The van der Waals surface area contributed by atoms with E-state index >= 15 is 0 Å². The molecule has 0 aromatic rings. The number of aliphatic hydroxyl groups is 2. The summed E-state index contributed by atoms with van der Waals surface area (Å²) in [5.41, 5.74) is -2.16.